The zero-order chi connectivity index (χ0) is 24.6. The summed E-state index contributed by atoms with van der Waals surface area (Å²) in [7, 11) is -2.89. The van der Waals surface area contributed by atoms with Crippen molar-refractivity contribution in [2.24, 2.45) is 16.6 Å². The highest BCUT2D eigenvalue weighted by molar-refractivity contribution is 7.92. The lowest BCUT2D eigenvalue weighted by atomic mass is 10.2. The molecule has 178 valence electrons. The van der Waals surface area contributed by atoms with Gasteiger partial charge in [-0.1, -0.05) is 0 Å². The number of sulfonamides is 1. The number of carbonyl (C=O) groups excluding carboxylic acids is 2. The number of anilines is 1. The molecule has 0 fully saturated rings. The van der Waals surface area contributed by atoms with Gasteiger partial charge in [0.1, 0.15) is 24.6 Å². The van der Waals surface area contributed by atoms with Gasteiger partial charge in [0.2, 0.25) is 11.9 Å². The molecule has 1 amide bonds. The van der Waals surface area contributed by atoms with Gasteiger partial charge >= 0.3 is 0 Å². The summed E-state index contributed by atoms with van der Waals surface area (Å²) in [6.07, 6.45) is 0.527. The summed E-state index contributed by atoms with van der Waals surface area (Å²) in [6, 6.07) is 6.44. The number of pyridine rings is 1. The maximum Gasteiger partial charge on any atom is 0.275 e. The molecule has 0 aliphatic rings. The third-order valence-corrected chi connectivity index (χ3v) is 5.63. The summed E-state index contributed by atoms with van der Waals surface area (Å²) in [5, 5.41) is 5.82. The summed E-state index contributed by atoms with van der Waals surface area (Å²) in [5.41, 5.74) is 9.83. The molecular formula is C19H24N6O7S. The lowest BCUT2D eigenvalue weighted by Crippen LogP contribution is -2.36. The Kier molecular flexibility index (Phi) is 8.39. The second-order valence-corrected chi connectivity index (χ2v) is 8.29. The normalized spacial score (nSPS) is 10.7. The highest BCUT2D eigenvalue weighted by Crippen LogP contribution is 2.23. The van der Waals surface area contributed by atoms with Gasteiger partial charge in [-0.3, -0.25) is 19.1 Å². The van der Waals surface area contributed by atoms with Crippen molar-refractivity contribution in [1.82, 2.24) is 9.88 Å². The maximum absolute atomic E-state index is 12.8. The Labute approximate surface area is 189 Å². The number of methoxy groups -OCH3 is 1. The van der Waals surface area contributed by atoms with Gasteiger partial charge in [0.15, 0.2) is 6.29 Å². The first-order valence-corrected chi connectivity index (χ1v) is 10.9. The molecule has 14 heteroatoms. The van der Waals surface area contributed by atoms with Crippen molar-refractivity contribution >= 4 is 33.9 Å². The molecule has 2 aromatic rings. The molecule has 0 bridgehead atoms. The van der Waals surface area contributed by atoms with Crippen molar-refractivity contribution in [1.29, 1.82) is 0 Å². The minimum Gasteiger partial charge on any atom is -0.496 e. The van der Waals surface area contributed by atoms with E-state index in [1.54, 1.807) is 6.92 Å². The summed E-state index contributed by atoms with van der Waals surface area (Å²) in [5.74, 6) is -0.710. The number of guanidine groups is 1. The van der Waals surface area contributed by atoms with Crippen LogP contribution in [0.4, 0.5) is 5.69 Å². The number of carbonyl (C=O) groups is 2. The quantitative estimate of drug-likeness (QED) is 0.103. The zero-order valence-electron chi connectivity index (χ0n) is 17.9. The number of nitrogens with zero attached hydrogens (tertiary/aromatic N) is 2. The lowest BCUT2D eigenvalue weighted by Gasteiger charge is -2.14. The number of amides is 1. The predicted molar refractivity (Wildman–Crippen MR) is 119 cm³/mol. The standard InChI is InChI=1S/C19H24N6O7S/c1-12-3-6-15(18(28)25(12)10-17(27)22-7-8-32-23-19(20)21)24-33(29,30)14-5-4-13(11-26)16(9-14)31-2/h3-6,9,11,24H,7-8,10H2,1-2H3,(H,22,27)(H4,20,21,23). The molecule has 1 aromatic carbocycles. The minimum absolute atomic E-state index is 0.00369. The number of hydrogen-bond donors (Lipinski definition) is 4. The average molecular weight is 481 g/mol. The van der Waals surface area contributed by atoms with Crippen LogP contribution >= 0.6 is 0 Å². The van der Waals surface area contributed by atoms with Gasteiger partial charge in [0.25, 0.3) is 15.6 Å². The largest absolute Gasteiger partial charge is 0.496 e. The molecule has 0 atom stereocenters. The van der Waals surface area contributed by atoms with Gasteiger partial charge in [-0.25, -0.2) is 8.42 Å². The second kappa shape index (κ2) is 11.0. The molecule has 6 N–H and O–H groups in total. The topological polar surface area (TPSA) is 197 Å². The molecule has 0 aliphatic carbocycles. The zero-order valence-corrected chi connectivity index (χ0v) is 18.7. The SMILES string of the molecule is COc1cc(S(=O)(=O)Nc2ccc(C)n(CC(=O)NCCON=C(N)N)c2=O)ccc1C=O. The highest BCUT2D eigenvalue weighted by Gasteiger charge is 2.20. The van der Waals surface area contributed by atoms with E-state index in [4.69, 9.17) is 21.0 Å². The van der Waals surface area contributed by atoms with E-state index in [2.05, 4.69) is 15.2 Å². The van der Waals surface area contributed by atoms with Gasteiger partial charge in [0, 0.05) is 11.8 Å². The van der Waals surface area contributed by atoms with Crippen molar-refractivity contribution < 1.29 is 27.6 Å². The van der Waals surface area contributed by atoms with Crippen LogP contribution in [0.3, 0.4) is 0 Å². The summed E-state index contributed by atoms with van der Waals surface area (Å²) in [4.78, 5) is 40.5. The van der Waals surface area contributed by atoms with Gasteiger partial charge in [-0.2, -0.15) is 0 Å². The molecule has 0 saturated heterocycles. The van der Waals surface area contributed by atoms with Crippen molar-refractivity contribution in [3.8, 4) is 5.75 Å². The third-order valence-electron chi connectivity index (χ3n) is 4.27. The Morgan fingerprint density at radius 3 is 2.61 bits per heavy atom. The lowest BCUT2D eigenvalue weighted by molar-refractivity contribution is -0.122. The van der Waals surface area contributed by atoms with Crippen molar-refractivity contribution in [3.63, 3.8) is 0 Å². The first kappa shape index (κ1) is 25.2. The fraction of sp³-hybridized carbons (Fsp3) is 0.263. The molecular weight excluding hydrogens is 456 g/mol. The Bertz CT molecular complexity index is 1220. The molecule has 0 saturated carbocycles. The van der Waals surface area contributed by atoms with Gasteiger partial charge in [-0.05, 0) is 36.3 Å². The number of benzene rings is 1. The van der Waals surface area contributed by atoms with E-state index in [1.165, 1.54) is 31.4 Å². The molecule has 33 heavy (non-hydrogen) atoms. The average Bonchev–Trinajstić information content (AvgIpc) is 2.77. The van der Waals surface area contributed by atoms with Crippen LogP contribution in [-0.2, 0) is 26.2 Å². The van der Waals surface area contributed by atoms with E-state index in [-0.39, 0.29) is 47.6 Å². The molecule has 13 nitrogen and oxygen atoms in total. The number of aryl methyl sites for hydroxylation is 1. The summed E-state index contributed by atoms with van der Waals surface area (Å²) >= 11 is 0. The fourth-order valence-electron chi connectivity index (χ4n) is 2.66. The number of ether oxygens (including phenoxy) is 1. The Morgan fingerprint density at radius 2 is 1.97 bits per heavy atom. The smallest absolute Gasteiger partial charge is 0.275 e. The van der Waals surface area contributed by atoms with Gasteiger partial charge in [0.05, 0.1) is 24.1 Å². The van der Waals surface area contributed by atoms with Crippen LogP contribution in [0, 0.1) is 6.92 Å². The van der Waals surface area contributed by atoms with Crippen LogP contribution in [-0.4, -0.2) is 51.4 Å². The first-order chi connectivity index (χ1) is 15.6. The maximum atomic E-state index is 12.8. The van der Waals surface area contributed by atoms with Crippen molar-refractivity contribution in [2.75, 3.05) is 25.0 Å². The van der Waals surface area contributed by atoms with E-state index < -0.39 is 21.5 Å². The predicted octanol–water partition coefficient (Wildman–Crippen LogP) is -0.900. The van der Waals surface area contributed by atoms with Crippen LogP contribution in [0.2, 0.25) is 0 Å². The number of nitrogens with one attached hydrogen (secondary N) is 2. The van der Waals surface area contributed by atoms with E-state index >= 15 is 0 Å². The van der Waals surface area contributed by atoms with Crippen LogP contribution in [0.1, 0.15) is 16.1 Å². The van der Waals surface area contributed by atoms with Crippen LogP contribution < -0.4 is 31.8 Å². The molecule has 0 unspecified atom stereocenters. The number of oxime groups is 1. The molecule has 0 radical (unpaired) electrons. The Hall–Kier alpha value is -4.07. The van der Waals surface area contributed by atoms with Crippen molar-refractivity contribution in [2.45, 2.75) is 18.4 Å². The molecule has 0 spiro atoms. The van der Waals surface area contributed by atoms with Gasteiger partial charge < -0.3 is 30.9 Å². The number of aldehydes is 1. The van der Waals surface area contributed by atoms with Crippen LogP contribution in [0.15, 0.2) is 45.2 Å². The van der Waals surface area contributed by atoms with Crippen LogP contribution in [0.25, 0.3) is 0 Å². The number of aromatic nitrogens is 1. The van der Waals surface area contributed by atoms with E-state index in [1.807, 2.05) is 0 Å². The minimum atomic E-state index is -4.19. The van der Waals surface area contributed by atoms with Crippen molar-refractivity contribution in [3.05, 3.63) is 51.9 Å². The van der Waals surface area contributed by atoms with E-state index in [9.17, 15) is 22.8 Å². The molecule has 2 rings (SSSR count). The second-order valence-electron chi connectivity index (χ2n) is 6.61. The number of nitrogens with two attached hydrogens (primary N) is 2. The van der Waals surface area contributed by atoms with Crippen LogP contribution in [0.5, 0.6) is 5.75 Å². The molecule has 0 aliphatic heterocycles. The first-order valence-electron chi connectivity index (χ1n) is 9.43. The Balaban J connectivity index is 2.19. The van der Waals surface area contributed by atoms with E-state index in [0.717, 1.165) is 10.6 Å². The fourth-order valence-corrected chi connectivity index (χ4v) is 3.73. The summed E-state index contributed by atoms with van der Waals surface area (Å²) < 4.78 is 33.9. The third kappa shape index (κ3) is 6.70. The Morgan fingerprint density at radius 1 is 1.24 bits per heavy atom. The number of hydrogen-bond acceptors (Lipinski definition) is 8. The number of rotatable bonds is 11. The molecule has 1 heterocycles. The van der Waals surface area contributed by atoms with E-state index in [0.29, 0.717) is 12.0 Å². The highest BCUT2D eigenvalue weighted by atomic mass is 32.2. The molecule has 1 aromatic heterocycles. The monoisotopic (exact) mass is 480 g/mol. The summed E-state index contributed by atoms with van der Waals surface area (Å²) in [6.45, 7) is 1.32. The van der Waals surface area contributed by atoms with Gasteiger partial charge in [-0.15, -0.1) is 0 Å².